The van der Waals surface area contributed by atoms with E-state index in [1.54, 1.807) is 0 Å². The second-order valence-electron chi connectivity index (χ2n) is 6.12. The molecule has 130 valence electrons. The summed E-state index contributed by atoms with van der Waals surface area (Å²) in [4.78, 5) is 14.8. The zero-order valence-electron chi connectivity index (χ0n) is 14.3. The molecule has 1 amide bonds. The minimum atomic E-state index is -0.225. The number of anilines is 1. The molecule has 0 radical (unpaired) electrons. The molecule has 1 aliphatic heterocycles. The highest BCUT2D eigenvalue weighted by Gasteiger charge is 2.22. The number of para-hydroxylation sites is 1. The third-order valence-corrected chi connectivity index (χ3v) is 5.86. The Morgan fingerprint density at radius 2 is 1.72 bits per heavy atom. The number of carbonyl (C=O) groups excluding carboxylic acids is 1. The van der Waals surface area contributed by atoms with Crippen LogP contribution < -0.4 is 5.32 Å². The van der Waals surface area contributed by atoms with Crippen molar-refractivity contribution in [3.8, 4) is 11.1 Å². The quantitative estimate of drug-likeness (QED) is 0.784. The summed E-state index contributed by atoms with van der Waals surface area (Å²) < 4.78 is 0.830. The van der Waals surface area contributed by atoms with Gasteiger partial charge in [0.15, 0.2) is 0 Å². The maximum absolute atomic E-state index is 12.6. The first kappa shape index (κ1) is 18.0. The molecule has 0 aliphatic carbocycles. The van der Waals surface area contributed by atoms with Crippen LogP contribution in [0.1, 0.15) is 19.8 Å². The molecule has 3 rings (SSSR count). The smallest absolute Gasteiger partial charge is 0.237 e. The van der Waals surface area contributed by atoms with E-state index in [1.807, 2.05) is 61.5 Å². The molecule has 1 atom stereocenters. The molecular formula is C20H22N2OS2. The molecule has 0 spiro atoms. The number of likely N-dealkylation sites (tertiary alicyclic amines) is 1. The summed E-state index contributed by atoms with van der Waals surface area (Å²) in [5.41, 5.74) is 2.94. The highest BCUT2D eigenvalue weighted by molar-refractivity contribution is 8.23. The Balaban J connectivity index is 1.67. The molecule has 5 heteroatoms. The van der Waals surface area contributed by atoms with Crippen LogP contribution in [-0.2, 0) is 4.79 Å². The topological polar surface area (TPSA) is 32.3 Å². The van der Waals surface area contributed by atoms with Gasteiger partial charge < -0.3 is 10.2 Å². The first-order valence-corrected chi connectivity index (χ1v) is 9.85. The molecule has 2 aromatic carbocycles. The number of rotatable bonds is 4. The standard InChI is InChI=1S/C20H22N2OS2/c1-15(25-20(24)22-13-7-8-14-22)19(23)21-18-12-6-5-11-17(18)16-9-3-2-4-10-16/h2-6,9-12,15H,7-8,13-14H2,1H3,(H,21,23). The van der Waals surface area contributed by atoms with E-state index < -0.39 is 0 Å². The van der Waals surface area contributed by atoms with Gasteiger partial charge >= 0.3 is 0 Å². The van der Waals surface area contributed by atoms with E-state index in [2.05, 4.69) is 10.2 Å². The van der Waals surface area contributed by atoms with Crippen molar-refractivity contribution in [1.29, 1.82) is 0 Å². The monoisotopic (exact) mass is 370 g/mol. The van der Waals surface area contributed by atoms with Gasteiger partial charge in [0.25, 0.3) is 0 Å². The van der Waals surface area contributed by atoms with E-state index in [0.29, 0.717) is 0 Å². The first-order valence-electron chi connectivity index (χ1n) is 8.56. The summed E-state index contributed by atoms with van der Waals surface area (Å²) in [6, 6.07) is 18.0. The molecule has 0 bridgehead atoms. The fraction of sp³-hybridized carbons (Fsp3) is 0.300. The Kier molecular flexibility index (Phi) is 6.10. The van der Waals surface area contributed by atoms with E-state index >= 15 is 0 Å². The minimum Gasteiger partial charge on any atom is -0.358 e. The van der Waals surface area contributed by atoms with Gasteiger partial charge in [-0.3, -0.25) is 4.79 Å². The lowest BCUT2D eigenvalue weighted by Gasteiger charge is -2.20. The zero-order chi connectivity index (χ0) is 17.6. The number of thiocarbonyl (C=S) groups is 1. The number of thioether (sulfide) groups is 1. The SMILES string of the molecule is CC(SC(=S)N1CCCC1)C(=O)Nc1ccccc1-c1ccccc1. The maximum Gasteiger partial charge on any atom is 0.237 e. The fourth-order valence-corrected chi connectivity index (χ4v) is 4.29. The maximum atomic E-state index is 12.6. The normalized spacial score (nSPS) is 15.0. The summed E-state index contributed by atoms with van der Waals surface area (Å²) in [6.07, 6.45) is 2.37. The van der Waals surface area contributed by atoms with Crippen molar-refractivity contribution in [3.63, 3.8) is 0 Å². The van der Waals surface area contributed by atoms with Crippen LogP contribution in [0.15, 0.2) is 54.6 Å². The molecule has 1 unspecified atom stereocenters. The van der Waals surface area contributed by atoms with E-state index in [0.717, 1.165) is 34.2 Å². The van der Waals surface area contributed by atoms with Crippen LogP contribution in [0.3, 0.4) is 0 Å². The summed E-state index contributed by atoms with van der Waals surface area (Å²) in [6.45, 7) is 3.93. The molecule has 1 fully saturated rings. The second-order valence-corrected chi connectivity index (χ2v) is 8.10. The van der Waals surface area contributed by atoms with Crippen molar-refractivity contribution in [2.24, 2.45) is 0 Å². The van der Waals surface area contributed by atoms with Crippen LogP contribution >= 0.6 is 24.0 Å². The van der Waals surface area contributed by atoms with E-state index in [9.17, 15) is 4.79 Å². The Bertz CT molecular complexity index is 742. The van der Waals surface area contributed by atoms with Gasteiger partial charge in [-0.15, -0.1) is 0 Å². The van der Waals surface area contributed by atoms with Gasteiger partial charge in [-0.05, 0) is 31.4 Å². The predicted molar refractivity (Wildman–Crippen MR) is 111 cm³/mol. The van der Waals surface area contributed by atoms with Crippen LogP contribution in [0.4, 0.5) is 5.69 Å². The molecule has 25 heavy (non-hydrogen) atoms. The molecule has 1 saturated heterocycles. The van der Waals surface area contributed by atoms with Gasteiger partial charge in [0, 0.05) is 24.3 Å². The van der Waals surface area contributed by atoms with Gasteiger partial charge in [-0.2, -0.15) is 0 Å². The molecule has 2 aromatic rings. The molecule has 3 nitrogen and oxygen atoms in total. The molecule has 0 aromatic heterocycles. The zero-order valence-corrected chi connectivity index (χ0v) is 15.9. The van der Waals surface area contributed by atoms with Gasteiger partial charge in [-0.25, -0.2) is 0 Å². The number of hydrogen-bond donors (Lipinski definition) is 1. The average molecular weight is 371 g/mol. The number of carbonyl (C=O) groups is 1. The third kappa shape index (κ3) is 4.61. The van der Waals surface area contributed by atoms with Crippen molar-refractivity contribution in [2.75, 3.05) is 18.4 Å². The van der Waals surface area contributed by atoms with Crippen molar-refractivity contribution in [3.05, 3.63) is 54.6 Å². The minimum absolute atomic E-state index is 0.0186. The van der Waals surface area contributed by atoms with E-state index in [1.165, 1.54) is 24.6 Å². The Morgan fingerprint density at radius 3 is 2.44 bits per heavy atom. The summed E-state index contributed by atoms with van der Waals surface area (Å²) >= 11 is 6.96. The fourth-order valence-electron chi connectivity index (χ4n) is 2.87. The van der Waals surface area contributed by atoms with Crippen LogP contribution in [0, 0.1) is 0 Å². The Labute approximate surface area is 158 Å². The number of nitrogens with zero attached hydrogens (tertiary/aromatic N) is 1. The summed E-state index contributed by atoms with van der Waals surface area (Å²) in [5.74, 6) is -0.0186. The highest BCUT2D eigenvalue weighted by Crippen LogP contribution is 2.28. The molecule has 0 saturated carbocycles. The lowest BCUT2D eigenvalue weighted by molar-refractivity contribution is -0.115. The molecule has 1 aliphatic rings. The molecule has 1 heterocycles. The third-order valence-electron chi connectivity index (χ3n) is 4.28. The van der Waals surface area contributed by atoms with Gasteiger partial charge in [0.1, 0.15) is 4.32 Å². The number of nitrogens with one attached hydrogen (secondary N) is 1. The lowest BCUT2D eigenvalue weighted by Crippen LogP contribution is -2.29. The van der Waals surface area contributed by atoms with Crippen molar-refractivity contribution in [2.45, 2.75) is 25.0 Å². The van der Waals surface area contributed by atoms with Crippen LogP contribution in [0.5, 0.6) is 0 Å². The number of hydrogen-bond acceptors (Lipinski definition) is 3. The van der Waals surface area contributed by atoms with Crippen LogP contribution in [-0.4, -0.2) is 33.5 Å². The highest BCUT2D eigenvalue weighted by atomic mass is 32.2. The van der Waals surface area contributed by atoms with Gasteiger partial charge in [0.2, 0.25) is 5.91 Å². The largest absolute Gasteiger partial charge is 0.358 e. The van der Waals surface area contributed by atoms with Crippen molar-refractivity contribution in [1.82, 2.24) is 4.90 Å². The van der Waals surface area contributed by atoms with Gasteiger partial charge in [0.05, 0.1) is 5.25 Å². The summed E-state index contributed by atoms with van der Waals surface area (Å²) in [7, 11) is 0. The Hall–Kier alpha value is -1.85. The van der Waals surface area contributed by atoms with Gasteiger partial charge in [-0.1, -0.05) is 72.5 Å². The molecule has 1 N–H and O–H groups in total. The van der Waals surface area contributed by atoms with Crippen LogP contribution in [0.2, 0.25) is 0 Å². The average Bonchev–Trinajstić information content (AvgIpc) is 3.17. The summed E-state index contributed by atoms with van der Waals surface area (Å²) in [5, 5.41) is 2.84. The first-order chi connectivity index (χ1) is 12.1. The van der Waals surface area contributed by atoms with E-state index in [4.69, 9.17) is 12.2 Å². The lowest BCUT2D eigenvalue weighted by atomic mass is 10.0. The van der Waals surface area contributed by atoms with E-state index in [-0.39, 0.29) is 11.2 Å². The van der Waals surface area contributed by atoms with Crippen molar-refractivity contribution < 1.29 is 4.79 Å². The number of amides is 1. The Morgan fingerprint density at radius 1 is 1.08 bits per heavy atom. The number of benzene rings is 2. The van der Waals surface area contributed by atoms with Crippen LogP contribution in [0.25, 0.3) is 11.1 Å². The predicted octanol–water partition coefficient (Wildman–Crippen LogP) is 4.79. The van der Waals surface area contributed by atoms with Crippen molar-refractivity contribution >= 4 is 39.9 Å². The molecular weight excluding hydrogens is 348 g/mol. The second kappa shape index (κ2) is 8.50.